The van der Waals surface area contributed by atoms with Gasteiger partial charge >= 0.3 is 0 Å². The smallest absolute Gasteiger partial charge is 0.269 e. The molecule has 2 aromatic rings. The lowest BCUT2D eigenvalue weighted by Gasteiger charge is -2.07. The van der Waals surface area contributed by atoms with Crippen molar-refractivity contribution in [3.8, 4) is 11.1 Å². The summed E-state index contributed by atoms with van der Waals surface area (Å²) in [4.78, 5) is 11.7. The van der Waals surface area contributed by atoms with E-state index in [1.807, 2.05) is 42.5 Å². The molecule has 4 nitrogen and oxygen atoms in total. The number of nitrogens with one attached hydrogen (secondary N) is 2. The summed E-state index contributed by atoms with van der Waals surface area (Å²) in [6.07, 6.45) is 0. The molecule has 0 aromatic heterocycles. The summed E-state index contributed by atoms with van der Waals surface area (Å²) < 4.78 is 0. The summed E-state index contributed by atoms with van der Waals surface area (Å²) >= 11 is 4.60. The maximum Gasteiger partial charge on any atom is 0.269 e. The molecule has 0 fully saturated rings. The zero-order valence-electron chi connectivity index (χ0n) is 10.1. The molecule has 0 bridgehead atoms. The molecule has 2 rings (SSSR count). The number of nitrogens with two attached hydrogens (primary N) is 1. The van der Waals surface area contributed by atoms with E-state index in [4.69, 9.17) is 5.73 Å². The molecule has 1 amide bonds. The third-order valence-corrected chi connectivity index (χ3v) is 2.66. The van der Waals surface area contributed by atoms with Gasteiger partial charge < -0.3 is 5.73 Å². The van der Waals surface area contributed by atoms with Crippen molar-refractivity contribution in [1.82, 2.24) is 10.9 Å². The third-order valence-electron chi connectivity index (χ3n) is 2.55. The molecule has 4 N–H and O–H groups in total. The van der Waals surface area contributed by atoms with Gasteiger partial charge in [-0.3, -0.25) is 15.6 Å². The number of hydrogen-bond acceptors (Lipinski definition) is 2. The van der Waals surface area contributed by atoms with Crippen LogP contribution >= 0.6 is 12.2 Å². The van der Waals surface area contributed by atoms with Gasteiger partial charge in [-0.15, -0.1) is 0 Å². The molecule has 0 saturated carbocycles. The zero-order chi connectivity index (χ0) is 13.7. The van der Waals surface area contributed by atoms with Gasteiger partial charge in [0.1, 0.15) is 0 Å². The minimum Gasteiger partial charge on any atom is -0.375 e. The van der Waals surface area contributed by atoms with E-state index < -0.39 is 0 Å². The number of rotatable bonds is 2. The van der Waals surface area contributed by atoms with Crippen molar-refractivity contribution in [1.29, 1.82) is 0 Å². The van der Waals surface area contributed by atoms with Gasteiger partial charge in [0, 0.05) is 5.56 Å². The van der Waals surface area contributed by atoms with E-state index in [9.17, 15) is 4.79 Å². The number of carbonyl (C=O) groups is 1. The highest BCUT2D eigenvalue weighted by molar-refractivity contribution is 7.80. The Bertz CT molecular complexity index is 581. The van der Waals surface area contributed by atoms with Crippen LogP contribution in [0.25, 0.3) is 11.1 Å². The Balaban J connectivity index is 2.10. The lowest BCUT2D eigenvalue weighted by molar-refractivity contribution is 0.0944. The molecule has 0 aliphatic heterocycles. The van der Waals surface area contributed by atoms with Crippen LogP contribution in [0, 0.1) is 0 Å². The molecule has 0 saturated heterocycles. The number of amides is 1. The topological polar surface area (TPSA) is 67.2 Å². The highest BCUT2D eigenvalue weighted by Gasteiger charge is 2.05. The van der Waals surface area contributed by atoms with Gasteiger partial charge in [-0.2, -0.15) is 0 Å². The van der Waals surface area contributed by atoms with Crippen LogP contribution in [0.4, 0.5) is 0 Å². The fourth-order valence-corrected chi connectivity index (χ4v) is 1.69. The van der Waals surface area contributed by atoms with Crippen LogP contribution in [-0.2, 0) is 0 Å². The maximum atomic E-state index is 11.7. The summed E-state index contributed by atoms with van der Waals surface area (Å²) in [7, 11) is 0. The van der Waals surface area contributed by atoms with E-state index in [0.717, 1.165) is 11.1 Å². The summed E-state index contributed by atoms with van der Waals surface area (Å²) in [5, 5.41) is 0.0225. The summed E-state index contributed by atoms with van der Waals surface area (Å²) in [5.74, 6) is -0.285. The van der Waals surface area contributed by atoms with Gasteiger partial charge in [-0.25, -0.2) is 0 Å². The largest absolute Gasteiger partial charge is 0.375 e. The number of hydrazine groups is 1. The fourth-order valence-electron chi connectivity index (χ4n) is 1.64. The zero-order valence-corrected chi connectivity index (χ0v) is 10.9. The standard InChI is InChI=1S/C14H13N3OS/c15-14(19)17-16-13(18)12-8-6-11(7-9-12)10-4-2-1-3-5-10/h1-9H,(H,16,18)(H3,15,17,19). The average molecular weight is 271 g/mol. The van der Waals surface area contributed by atoms with E-state index in [1.54, 1.807) is 12.1 Å². The van der Waals surface area contributed by atoms with Crippen molar-refractivity contribution < 1.29 is 4.79 Å². The van der Waals surface area contributed by atoms with Crippen LogP contribution in [-0.4, -0.2) is 11.0 Å². The molecular weight excluding hydrogens is 258 g/mol. The SMILES string of the molecule is NC(=S)NNC(=O)c1ccc(-c2ccccc2)cc1. The number of benzene rings is 2. The fraction of sp³-hybridized carbons (Fsp3) is 0. The van der Waals surface area contributed by atoms with Crippen molar-refractivity contribution >= 4 is 23.2 Å². The van der Waals surface area contributed by atoms with Crippen molar-refractivity contribution in [3.05, 3.63) is 60.2 Å². The van der Waals surface area contributed by atoms with Crippen LogP contribution in [0.1, 0.15) is 10.4 Å². The molecule has 96 valence electrons. The summed E-state index contributed by atoms with van der Waals surface area (Å²) in [6, 6.07) is 17.2. The van der Waals surface area contributed by atoms with Gasteiger partial charge in [0.15, 0.2) is 5.11 Å². The number of hydrogen-bond donors (Lipinski definition) is 3. The van der Waals surface area contributed by atoms with Crippen molar-refractivity contribution in [2.75, 3.05) is 0 Å². The maximum absolute atomic E-state index is 11.7. The molecule has 2 aromatic carbocycles. The molecule has 0 unspecified atom stereocenters. The Labute approximate surface area is 116 Å². The van der Waals surface area contributed by atoms with Crippen LogP contribution in [0.2, 0.25) is 0 Å². The van der Waals surface area contributed by atoms with Crippen LogP contribution < -0.4 is 16.6 Å². The predicted octanol–water partition coefficient (Wildman–Crippen LogP) is 1.83. The Morgan fingerprint density at radius 2 is 1.47 bits per heavy atom. The molecule has 0 spiro atoms. The Hall–Kier alpha value is -2.40. The molecule has 0 aliphatic carbocycles. The number of carbonyl (C=O) groups excluding carboxylic acids is 1. The summed E-state index contributed by atoms with van der Waals surface area (Å²) in [5.41, 5.74) is 12.7. The van der Waals surface area contributed by atoms with Crippen LogP contribution in [0.15, 0.2) is 54.6 Å². The Morgan fingerprint density at radius 3 is 2.05 bits per heavy atom. The minimum absolute atomic E-state index is 0.0225. The third kappa shape index (κ3) is 3.53. The second-order valence-electron chi connectivity index (χ2n) is 3.89. The predicted molar refractivity (Wildman–Crippen MR) is 79.3 cm³/mol. The molecule has 0 heterocycles. The van der Waals surface area contributed by atoms with Gasteiger partial charge in [0.25, 0.3) is 5.91 Å². The second kappa shape index (κ2) is 5.97. The average Bonchev–Trinajstić information content (AvgIpc) is 2.46. The first-order chi connectivity index (χ1) is 9.16. The monoisotopic (exact) mass is 271 g/mol. The molecular formula is C14H13N3OS. The van der Waals surface area contributed by atoms with E-state index in [0.29, 0.717) is 5.56 Å². The highest BCUT2D eigenvalue weighted by Crippen LogP contribution is 2.18. The quantitative estimate of drug-likeness (QED) is 0.576. The van der Waals surface area contributed by atoms with Crippen LogP contribution in [0.5, 0.6) is 0 Å². The second-order valence-corrected chi connectivity index (χ2v) is 4.33. The summed E-state index contributed by atoms with van der Waals surface area (Å²) in [6.45, 7) is 0. The van der Waals surface area contributed by atoms with Gasteiger partial charge in [0.05, 0.1) is 0 Å². The Morgan fingerprint density at radius 1 is 0.895 bits per heavy atom. The number of thiocarbonyl (C=S) groups is 1. The molecule has 19 heavy (non-hydrogen) atoms. The molecule has 0 aliphatic rings. The first-order valence-corrected chi connectivity index (χ1v) is 6.09. The lowest BCUT2D eigenvalue weighted by Crippen LogP contribution is -2.44. The highest BCUT2D eigenvalue weighted by atomic mass is 32.1. The van der Waals surface area contributed by atoms with Crippen molar-refractivity contribution in [3.63, 3.8) is 0 Å². The first-order valence-electron chi connectivity index (χ1n) is 5.68. The van der Waals surface area contributed by atoms with Gasteiger partial charge in [-0.1, -0.05) is 42.5 Å². The van der Waals surface area contributed by atoms with E-state index >= 15 is 0 Å². The molecule has 5 heteroatoms. The normalized spacial score (nSPS) is 9.68. The van der Waals surface area contributed by atoms with Gasteiger partial charge in [0.2, 0.25) is 0 Å². The Kier molecular flexibility index (Phi) is 4.10. The van der Waals surface area contributed by atoms with Gasteiger partial charge in [-0.05, 0) is 35.5 Å². The van der Waals surface area contributed by atoms with E-state index in [2.05, 4.69) is 23.1 Å². The van der Waals surface area contributed by atoms with Crippen LogP contribution in [0.3, 0.4) is 0 Å². The minimum atomic E-state index is -0.285. The molecule has 0 atom stereocenters. The lowest BCUT2D eigenvalue weighted by atomic mass is 10.0. The van der Waals surface area contributed by atoms with Crippen molar-refractivity contribution in [2.45, 2.75) is 0 Å². The van der Waals surface area contributed by atoms with E-state index in [1.165, 1.54) is 0 Å². The molecule has 0 radical (unpaired) electrons. The van der Waals surface area contributed by atoms with Crippen molar-refractivity contribution in [2.24, 2.45) is 5.73 Å². The van der Waals surface area contributed by atoms with E-state index in [-0.39, 0.29) is 11.0 Å². The first kappa shape index (κ1) is 13.0.